The van der Waals surface area contributed by atoms with Crippen molar-refractivity contribution >= 4 is 11.6 Å². The molecule has 0 unspecified atom stereocenters. The lowest BCUT2D eigenvalue weighted by Crippen LogP contribution is -2.30. The van der Waals surface area contributed by atoms with Crippen LogP contribution in [0.4, 0.5) is 0 Å². The van der Waals surface area contributed by atoms with E-state index in [0.717, 1.165) is 25.3 Å². The number of hydrogen-bond acceptors (Lipinski definition) is 2. The molecule has 2 heteroatoms. The summed E-state index contributed by atoms with van der Waals surface area (Å²) in [5.74, 6) is 0. The van der Waals surface area contributed by atoms with Crippen LogP contribution in [0, 0.1) is 0 Å². The molecule has 0 atom stereocenters. The maximum atomic E-state index is 4.38. The second kappa shape index (κ2) is 5.11. The molecular weight excluding hydrogens is 208 g/mol. The van der Waals surface area contributed by atoms with Gasteiger partial charge in [0.25, 0.3) is 0 Å². The molecular formula is C15H18N2. The quantitative estimate of drug-likeness (QED) is 0.787. The number of pyridine rings is 1. The van der Waals surface area contributed by atoms with Crippen LogP contribution in [-0.4, -0.2) is 23.0 Å². The fraction of sp³-hybridized carbons (Fsp3) is 0.267. The van der Waals surface area contributed by atoms with Crippen LogP contribution in [0.2, 0.25) is 0 Å². The van der Waals surface area contributed by atoms with Crippen LogP contribution in [0.25, 0.3) is 11.6 Å². The van der Waals surface area contributed by atoms with Crippen molar-refractivity contribution in [3.63, 3.8) is 0 Å². The van der Waals surface area contributed by atoms with Gasteiger partial charge in [0.2, 0.25) is 0 Å². The molecule has 0 saturated heterocycles. The first-order chi connectivity index (χ1) is 8.30. The lowest BCUT2D eigenvalue weighted by Gasteiger charge is -2.30. The third-order valence-electron chi connectivity index (χ3n) is 3.14. The summed E-state index contributed by atoms with van der Waals surface area (Å²) in [5.41, 5.74) is 4.83. The number of hydrogen-bond donors (Lipinski definition) is 0. The average molecular weight is 226 g/mol. The van der Waals surface area contributed by atoms with Gasteiger partial charge in [0.05, 0.1) is 5.69 Å². The summed E-state index contributed by atoms with van der Waals surface area (Å²) in [4.78, 5) is 6.79. The fourth-order valence-corrected chi connectivity index (χ4v) is 2.30. The number of nitrogens with zero attached hydrogens (tertiary/aromatic N) is 2. The standard InChI is InChI=1S/C15H18N2/c1-4-7-12-10-17(6-3)11-13-8-9-16-14(5-2)15(12)13/h4-5,7-9H,1-2,6,10-11H2,3H3/b12-7-. The zero-order chi connectivity index (χ0) is 12.3. The first-order valence-corrected chi connectivity index (χ1v) is 5.94. The Labute approximate surface area is 103 Å². The molecule has 88 valence electrons. The first kappa shape index (κ1) is 11.8. The van der Waals surface area contributed by atoms with Crippen molar-refractivity contribution in [2.45, 2.75) is 13.5 Å². The highest BCUT2D eigenvalue weighted by Gasteiger charge is 2.21. The molecule has 0 aromatic carbocycles. The second-order valence-corrected chi connectivity index (χ2v) is 4.17. The number of likely N-dealkylation sites (N-methyl/N-ethyl adjacent to an activating group) is 1. The highest BCUT2D eigenvalue weighted by molar-refractivity contribution is 5.77. The fourth-order valence-electron chi connectivity index (χ4n) is 2.30. The molecule has 0 N–H and O–H groups in total. The van der Waals surface area contributed by atoms with Crippen molar-refractivity contribution in [2.75, 3.05) is 13.1 Å². The highest BCUT2D eigenvalue weighted by atomic mass is 15.1. The molecule has 0 fully saturated rings. The molecule has 1 aliphatic heterocycles. The smallest absolute Gasteiger partial charge is 0.0702 e. The molecule has 1 aliphatic rings. The molecule has 0 bridgehead atoms. The van der Waals surface area contributed by atoms with E-state index < -0.39 is 0 Å². The van der Waals surface area contributed by atoms with Gasteiger partial charge in [0.1, 0.15) is 0 Å². The van der Waals surface area contributed by atoms with E-state index in [4.69, 9.17) is 0 Å². The van der Waals surface area contributed by atoms with Gasteiger partial charge in [0.15, 0.2) is 0 Å². The predicted molar refractivity (Wildman–Crippen MR) is 73.5 cm³/mol. The van der Waals surface area contributed by atoms with Crippen LogP contribution in [0.1, 0.15) is 23.7 Å². The van der Waals surface area contributed by atoms with Gasteiger partial charge in [-0.1, -0.05) is 32.2 Å². The van der Waals surface area contributed by atoms with Crippen molar-refractivity contribution in [1.29, 1.82) is 0 Å². The molecule has 0 radical (unpaired) electrons. The predicted octanol–water partition coefficient (Wildman–Crippen LogP) is 3.13. The van der Waals surface area contributed by atoms with Gasteiger partial charge in [-0.2, -0.15) is 0 Å². The lowest BCUT2D eigenvalue weighted by molar-refractivity contribution is 0.307. The Kier molecular flexibility index (Phi) is 3.55. The third kappa shape index (κ3) is 2.22. The van der Waals surface area contributed by atoms with E-state index in [9.17, 15) is 0 Å². The van der Waals surface area contributed by atoms with Crippen molar-refractivity contribution in [3.05, 3.63) is 54.4 Å². The third-order valence-corrected chi connectivity index (χ3v) is 3.14. The summed E-state index contributed by atoms with van der Waals surface area (Å²) in [6, 6.07) is 2.10. The topological polar surface area (TPSA) is 16.1 Å². The van der Waals surface area contributed by atoms with Crippen molar-refractivity contribution < 1.29 is 0 Å². The minimum Gasteiger partial charge on any atom is -0.295 e. The van der Waals surface area contributed by atoms with Crippen LogP contribution in [-0.2, 0) is 6.54 Å². The number of aromatic nitrogens is 1. The molecule has 0 saturated carbocycles. The van der Waals surface area contributed by atoms with Gasteiger partial charge in [-0.05, 0) is 29.8 Å². The number of fused-ring (bicyclic) bond motifs is 1. The van der Waals surface area contributed by atoms with Crippen molar-refractivity contribution in [2.24, 2.45) is 0 Å². The molecule has 2 rings (SSSR count). The summed E-state index contributed by atoms with van der Waals surface area (Å²) in [6.07, 6.45) is 7.62. The van der Waals surface area contributed by atoms with Gasteiger partial charge in [0, 0.05) is 24.8 Å². The molecule has 0 aliphatic carbocycles. The number of allylic oxidation sites excluding steroid dienone is 2. The molecule has 2 heterocycles. The first-order valence-electron chi connectivity index (χ1n) is 5.94. The molecule has 1 aromatic rings. The summed E-state index contributed by atoms with van der Waals surface area (Å²) in [7, 11) is 0. The second-order valence-electron chi connectivity index (χ2n) is 4.17. The van der Waals surface area contributed by atoms with Gasteiger partial charge >= 0.3 is 0 Å². The number of rotatable bonds is 3. The van der Waals surface area contributed by atoms with Crippen LogP contribution >= 0.6 is 0 Å². The van der Waals surface area contributed by atoms with Gasteiger partial charge < -0.3 is 0 Å². The zero-order valence-corrected chi connectivity index (χ0v) is 10.3. The largest absolute Gasteiger partial charge is 0.295 e. The van der Waals surface area contributed by atoms with Crippen molar-refractivity contribution in [1.82, 2.24) is 9.88 Å². The zero-order valence-electron chi connectivity index (χ0n) is 10.3. The van der Waals surface area contributed by atoms with E-state index in [1.807, 2.05) is 18.3 Å². The van der Waals surface area contributed by atoms with Crippen molar-refractivity contribution in [3.8, 4) is 0 Å². The Morgan fingerprint density at radius 2 is 2.24 bits per heavy atom. The monoisotopic (exact) mass is 226 g/mol. The minimum absolute atomic E-state index is 0.960. The lowest BCUT2D eigenvalue weighted by atomic mass is 9.93. The van der Waals surface area contributed by atoms with Crippen LogP contribution < -0.4 is 0 Å². The Bertz CT molecular complexity index is 472. The van der Waals surface area contributed by atoms with Crippen LogP contribution in [0.3, 0.4) is 0 Å². The molecule has 0 amide bonds. The maximum absolute atomic E-state index is 4.38. The highest BCUT2D eigenvalue weighted by Crippen LogP contribution is 2.29. The van der Waals surface area contributed by atoms with Crippen LogP contribution in [0.5, 0.6) is 0 Å². The normalized spacial score (nSPS) is 17.8. The summed E-state index contributed by atoms with van der Waals surface area (Å²) in [5, 5.41) is 0. The van der Waals surface area contributed by atoms with Gasteiger partial charge in [-0.25, -0.2) is 0 Å². The van der Waals surface area contributed by atoms with Gasteiger partial charge in [-0.15, -0.1) is 0 Å². The maximum Gasteiger partial charge on any atom is 0.0702 e. The summed E-state index contributed by atoms with van der Waals surface area (Å²) < 4.78 is 0. The summed E-state index contributed by atoms with van der Waals surface area (Å²) in [6.45, 7) is 12.8. The van der Waals surface area contributed by atoms with Gasteiger partial charge in [-0.3, -0.25) is 9.88 Å². The Morgan fingerprint density at radius 1 is 1.41 bits per heavy atom. The minimum atomic E-state index is 0.960. The van der Waals surface area contributed by atoms with E-state index >= 15 is 0 Å². The van der Waals surface area contributed by atoms with Crippen LogP contribution in [0.15, 0.2) is 37.6 Å². The van der Waals surface area contributed by atoms with E-state index in [0.29, 0.717) is 0 Å². The average Bonchev–Trinajstić information content (AvgIpc) is 2.37. The molecule has 2 nitrogen and oxygen atoms in total. The SMILES string of the molecule is C=C/C=C1/CN(CC)Cc2ccnc(C=C)c21. The molecule has 1 aromatic heterocycles. The molecule has 0 spiro atoms. The van der Waals surface area contributed by atoms with E-state index in [2.05, 4.69) is 42.1 Å². The molecule has 17 heavy (non-hydrogen) atoms. The van der Waals surface area contributed by atoms with E-state index in [-0.39, 0.29) is 0 Å². The summed E-state index contributed by atoms with van der Waals surface area (Å²) >= 11 is 0. The Balaban J connectivity index is 2.56. The Hall–Kier alpha value is -1.67. The van der Waals surface area contributed by atoms with E-state index in [1.165, 1.54) is 16.7 Å². The van der Waals surface area contributed by atoms with E-state index in [1.54, 1.807) is 0 Å². The Morgan fingerprint density at radius 3 is 2.88 bits per heavy atom.